The zero-order chi connectivity index (χ0) is 37.2. The Morgan fingerprint density at radius 1 is 0.704 bits per heavy atom. The molecule has 0 aromatic heterocycles. The number of nitrogen functional groups attached to an aromatic ring is 1. The monoisotopic (exact) mass is 721 g/mol. The molecule has 54 heavy (non-hydrogen) atoms. The molecule has 4 aromatic carbocycles. The van der Waals surface area contributed by atoms with E-state index in [-0.39, 0.29) is 23.9 Å². The van der Waals surface area contributed by atoms with E-state index in [1.807, 2.05) is 91.6 Å². The number of rotatable bonds is 11. The number of ether oxygens (including phenoxy) is 4. The van der Waals surface area contributed by atoms with Gasteiger partial charge in [0.25, 0.3) is 11.8 Å². The first-order chi connectivity index (χ1) is 26.4. The molecule has 4 aliphatic rings. The number of hydrogen-bond donors (Lipinski definition) is 1. The zero-order valence-corrected chi connectivity index (χ0v) is 30.0. The van der Waals surface area contributed by atoms with Crippen molar-refractivity contribution in [3.63, 3.8) is 0 Å². The van der Waals surface area contributed by atoms with Crippen LogP contribution in [0.3, 0.4) is 0 Å². The normalized spacial score (nSPS) is 18.3. The number of hydrogen-bond acceptors (Lipinski definition) is 9. The highest BCUT2D eigenvalue weighted by atomic mass is 16.5. The zero-order valence-electron chi connectivity index (χ0n) is 30.0. The molecule has 2 amide bonds. The van der Waals surface area contributed by atoms with Gasteiger partial charge in [-0.2, -0.15) is 0 Å². The van der Waals surface area contributed by atoms with E-state index in [9.17, 15) is 9.59 Å². The molecular formula is C43H39N5O6. The van der Waals surface area contributed by atoms with Crippen LogP contribution in [0.4, 0.5) is 17.1 Å². The molecule has 4 aliphatic heterocycles. The first-order valence-electron chi connectivity index (χ1n) is 17.8. The number of aliphatic imine (C=N–C) groups is 2. The summed E-state index contributed by atoms with van der Waals surface area (Å²) in [4.78, 5) is 40.2. The second-order valence-corrected chi connectivity index (χ2v) is 13.3. The van der Waals surface area contributed by atoms with Crippen molar-refractivity contribution in [3.8, 4) is 23.0 Å². The molecule has 0 fully saturated rings. The molecule has 0 aliphatic carbocycles. The third-order valence-electron chi connectivity index (χ3n) is 9.83. The molecule has 11 nitrogen and oxygen atoms in total. The molecule has 0 bridgehead atoms. The van der Waals surface area contributed by atoms with Gasteiger partial charge in [-0.1, -0.05) is 54.6 Å². The Morgan fingerprint density at radius 3 is 1.87 bits per heavy atom. The van der Waals surface area contributed by atoms with Crippen LogP contribution in [-0.4, -0.2) is 73.6 Å². The van der Waals surface area contributed by atoms with Crippen LogP contribution in [0.5, 0.6) is 23.0 Å². The van der Waals surface area contributed by atoms with Gasteiger partial charge >= 0.3 is 0 Å². The standard InChI is InChI=1S/C43H39N5O6/c1-51-38-19-34-36(45-23-32-17-28(25-47(32)42(34)49)10-9-27-7-4-3-5-8-27)21-40(38)53-15-6-16-54-41-22-37-35(20-39(41)52-2)43(50)48-26-30(18-33(48)24-46-37)29-11-13-31(44)14-12-29/h3-5,7-14,19-26,32-33H,6,15-18,44H2,1-2H3. The molecule has 2 N–H and O–H groups in total. The fourth-order valence-electron chi connectivity index (χ4n) is 6.98. The van der Waals surface area contributed by atoms with Gasteiger partial charge in [0.05, 0.1) is 62.0 Å². The third-order valence-corrected chi connectivity index (χ3v) is 9.83. The number of methoxy groups -OCH3 is 2. The van der Waals surface area contributed by atoms with Gasteiger partial charge in [0, 0.05) is 55.5 Å². The second kappa shape index (κ2) is 14.8. The molecule has 4 aromatic rings. The molecule has 0 saturated carbocycles. The van der Waals surface area contributed by atoms with E-state index in [1.54, 1.807) is 48.3 Å². The minimum atomic E-state index is -0.201. The smallest absolute Gasteiger partial charge is 0.260 e. The summed E-state index contributed by atoms with van der Waals surface area (Å²) in [6.07, 6.45) is 13.4. The van der Waals surface area contributed by atoms with Gasteiger partial charge in [-0.3, -0.25) is 19.6 Å². The minimum absolute atomic E-state index is 0.144. The highest BCUT2D eigenvalue weighted by molar-refractivity contribution is 6.06. The number of nitrogens with two attached hydrogens (primary N) is 1. The molecule has 4 heterocycles. The average molecular weight is 722 g/mol. The largest absolute Gasteiger partial charge is 0.493 e. The van der Waals surface area contributed by atoms with Crippen LogP contribution in [-0.2, 0) is 0 Å². The van der Waals surface area contributed by atoms with Crippen LogP contribution in [0.15, 0.2) is 113 Å². The molecule has 0 spiro atoms. The van der Waals surface area contributed by atoms with Gasteiger partial charge in [0.1, 0.15) is 0 Å². The average Bonchev–Trinajstić information content (AvgIpc) is 3.77. The number of anilines is 1. The fourth-order valence-corrected chi connectivity index (χ4v) is 6.98. The van der Waals surface area contributed by atoms with E-state index in [0.29, 0.717) is 83.7 Å². The SMILES string of the molecule is COc1cc2c(cc1OCCCOc1cc3c(cc1OC)C(=O)N1C=C(c4ccc(N)cc4)CC1C=N3)N=CC1CC(C=Cc3ccccc3)=CN1C2=O. The summed E-state index contributed by atoms with van der Waals surface area (Å²) in [5, 5.41) is 0. The number of carbonyl (C=O) groups excluding carboxylic acids is 2. The van der Waals surface area contributed by atoms with Crippen molar-refractivity contribution in [2.24, 2.45) is 9.98 Å². The van der Waals surface area contributed by atoms with Crippen LogP contribution >= 0.6 is 0 Å². The number of fused-ring (bicyclic) bond motifs is 4. The van der Waals surface area contributed by atoms with Crippen molar-refractivity contribution in [1.82, 2.24) is 9.80 Å². The van der Waals surface area contributed by atoms with Crippen molar-refractivity contribution >= 4 is 53.0 Å². The molecule has 2 atom stereocenters. The maximum Gasteiger partial charge on any atom is 0.260 e. The van der Waals surface area contributed by atoms with Gasteiger partial charge in [-0.25, -0.2) is 0 Å². The Labute approximate surface area is 313 Å². The quantitative estimate of drug-likeness (QED) is 0.125. The number of benzene rings is 4. The second-order valence-electron chi connectivity index (χ2n) is 13.3. The number of allylic oxidation sites excluding steroid dienone is 1. The fraction of sp³-hybridized carbons (Fsp3) is 0.209. The van der Waals surface area contributed by atoms with Crippen LogP contribution < -0.4 is 24.7 Å². The topological polar surface area (TPSA) is 128 Å². The molecule has 0 saturated heterocycles. The van der Waals surface area contributed by atoms with Crippen LogP contribution in [0.25, 0.3) is 11.6 Å². The highest BCUT2D eigenvalue weighted by Crippen LogP contribution is 2.41. The van der Waals surface area contributed by atoms with E-state index in [4.69, 9.17) is 34.7 Å². The maximum absolute atomic E-state index is 13.7. The summed E-state index contributed by atoms with van der Waals surface area (Å²) >= 11 is 0. The maximum atomic E-state index is 13.7. The van der Waals surface area contributed by atoms with Gasteiger partial charge in [0.2, 0.25) is 0 Å². The Bertz CT molecular complexity index is 2260. The lowest BCUT2D eigenvalue weighted by atomic mass is 10.0. The Balaban J connectivity index is 0.901. The van der Waals surface area contributed by atoms with E-state index in [0.717, 1.165) is 22.3 Å². The van der Waals surface area contributed by atoms with Crippen molar-refractivity contribution in [2.75, 3.05) is 33.2 Å². The van der Waals surface area contributed by atoms with Gasteiger partial charge in [0.15, 0.2) is 23.0 Å². The Kier molecular flexibility index (Phi) is 9.44. The van der Waals surface area contributed by atoms with Gasteiger partial charge in [-0.05, 0) is 53.0 Å². The lowest BCUT2D eigenvalue weighted by molar-refractivity contribution is 0.0809. The molecule has 8 rings (SSSR count). The lowest BCUT2D eigenvalue weighted by Gasteiger charge is -2.19. The Morgan fingerprint density at radius 2 is 1.28 bits per heavy atom. The Hall–Kier alpha value is -6.62. The van der Waals surface area contributed by atoms with Gasteiger partial charge < -0.3 is 34.5 Å². The number of carbonyl (C=O) groups is 2. The van der Waals surface area contributed by atoms with Crippen LogP contribution in [0, 0.1) is 0 Å². The van der Waals surface area contributed by atoms with E-state index in [2.05, 4.69) is 0 Å². The van der Waals surface area contributed by atoms with Crippen LogP contribution in [0.2, 0.25) is 0 Å². The molecular weight excluding hydrogens is 683 g/mol. The summed E-state index contributed by atoms with van der Waals surface area (Å²) in [7, 11) is 3.09. The van der Waals surface area contributed by atoms with E-state index < -0.39 is 0 Å². The third kappa shape index (κ3) is 6.83. The lowest BCUT2D eigenvalue weighted by Crippen LogP contribution is -2.32. The summed E-state index contributed by atoms with van der Waals surface area (Å²) in [6, 6.07) is 24.2. The van der Waals surface area contributed by atoms with E-state index in [1.165, 1.54) is 0 Å². The number of amides is 2. The summed E-state index contributed by atoms with van der Waals surface area (Å²) in [5.41, 5.74) is 12.7. The van der Waals surface area contributed by atoms with Crippen molar-refractivity contribution in [2.45, 2.75) is 31.3 Å². The van der Waals surface area contributed by atoms with Gasteiger partial charge in [-0.15, -0.1) is 0 Å². The van der Waals surface area contributed by atoms with Crippen molar-refractivity contribution in [3.05, 3.63) is 125 Å². The van der Waals surface area contributed by atoms with Crippen molar-refractivity contribution in [1.29, 1.82) is 0 Å². The highest BCUT2D eigenvalue weighted by Gasteiger charge is 2.34. The van der Waals surface area contributed by atoms with E-state index >= 15 is 0 Å². The molecule has 11 heteroatoms. The summed E-state index contributed by atoms with van der Waals surface area (Å²) in [6.45, 7) is 0.619. The molecule has 272 valence electrons. The summed E-state index contributed by atoms with van der Waals surface area (Å²) in [5.74, 6) is 1.53. The minimum Gasteiger partial charge on any atom is -0.493 e. The molecule has 0 radical (unpaired) electrons. The summed E-state index contributed by atoms with van der Waals surface area (Å²) < 4.78 is 23.5. The number of nitrogens with zero attached hydrogens (tertiary/aromatic N) is 4. The van der Waals surface area contributed by atoms with Crippen molar-refractivity contribution < 1.29 is 28.5 Å². The predicted octanol–water partition coefficient (Wildman–Crippen LogP) is 7.63. The first kappa shape index (κ1) is 34.5. The molecule has 2 unspecified atom stereocenters. The predicted molar refractivity (Wildman–Crippen MR) is 209 cm³/mol. The van der Waals surface area contributed by atoms with Crippen LogP contribution in [0.1, 0.15) is 51.1 Å². The first-order valence-corrected chi connectivity index (χ1v) is 17.8.